The van der Waals surface area contributed by atoms with Crippen molar-refractivity contribution in [1.82, 2.24) is 21.3 Å². The summed E-state index contributed by atoms with van der Waals surface area (Å²) in [5, 5.41) is 7.26. The fourth-order valence-electron chi connectivity index (χ4n) is 3.51. The van der Waals surface area contributed by atoms with E-state index in [1.807, 2.05) is 21.3 Å². The van der Waals surface area contributed by atoms with Crippen LogP contribution >= 0.6 is 0 Å². The fourth-order valence-corrected chi connectivity index (χ4v) is 3.51. The Kier molecular flexibility index (Phi) is 4.91. The van der Waals surface area contributed by atoms with E-state index in [1.54, 1.807) is 0 Å². The van der Waals surface area contributed by atoms with Crippen LogP contribution in [0.5, 0.6) is 0 Å². The highest BCUT2D eigenvalue weighted by Crippen LogP contribution is 2.21. The van der Waals surface area contributed by atoms with Gasteiger partial charge in [0.1, 0.15) is 34.8 Å². The second-order valence-corrected chi connectivity index (χ2v) is 7.48. The Hall–Kier alpha value is -5.66. The lowest BCUT2D eigenvalue weighted by Crippen LogP contribution is -2.51. The van der Waals surface area contributed by atoms with Gasteiger partial charge in [-0.15, -0.1) is 0 Å². The zero-order valence-electron chi connectivity index (χ0n) is 17.5. The molecule has 2 aromatic heterocycles. The molecule has 5 rings (SSSR count). The molecule has 0 bridgehead atoms. The third-order valence-corrected chi connectivity index (χ3v) is 5.21. The Bertz CT molecular complexity index is 1620. The summed E-state index contributed by atoms with van der Waals surface area (Å²) in [7, 11) is 0. The van der Waals surface area contributed by atoms with Crippen molar-refractivity contribution in [3.8, 4) is 0 Å². The maximum Gasteiger partial charge on any atom is 0.328 e. The zero-order valence-corrected chi connectivity index (χ0v) is 17.5. The van der Waals surface area contributed by atoms with Gasteiger partial charge >= 0.3 is 12.1 Å². The van der Waals surface area contributed by atoms with Crippen LogP contribution < -0.4 is 32.1 Å². The number of barbiturate groups is 2. The number of fused-ring (bicyclic) bond motifs is 2. The molecule has 3 aromatic rings. The lowest BCUT2D eigenvalue weighted by molar-refractivity contribution is -0.125. The van der Waals surface area contributed by atoms with Gasteiger partial charge in [0, 0.05) is 6.07 Å². The van der Waals surface area contributed by atoms with E-state index in [1.165, 1.54) is 6.07 Å². The Morgan fingerprint density at radius 2 is 0.889 bits per heavy atom. The Balaban J connectivity index is 1.64. The van der Waals surface area contributed by atoms with Crippen LogP contribution in [0, 0.1) is 0 Å². The molecule has 2 saturated heterocycles. The normalized spacial score (nSPS) is 16.0. The average Bonchev–Trinajstić information content (AvgIpc) is 2.80. The lowest BCUT2D eigenvalue weighted by atomic mass is 10.0. The number of nitrogens with one attached hydrogen (secondary N) is 4. The van der Waals surface area contributed by atoms with Gasteiger partial charge in [-0.3, -0.25) is 50.0 Å². The van der Waals surface area contributed by atoms with Crippen molar-refractivity contribution in [2.45, 2.75) is 0 Å². The highest BCUT2D eigenvalue weighted by Gasteiger charge is 2.29. The van der Waals surface area contributed by atoms with Crippen molar-refractivity contribution in [2.24, 2.45) is 0 Å². The van der Waals surface area contributed by atoms with Gasteiger partial charge in [0.15, 0.2) is 10.9 Å². The molecule has 4 heterocycles. The number of rotatable bonds is 2. The molecule has 14 nitrogen and oxygen atoms in total. The van der Waals surface area contributed by atoms with Crippen LogP contribution in [0.1, 0.15) is 11.1 Å². The van der Waals surface area contributed by atoms with Crippen LogP contribution in [0.3, 0.4) is 0 Å². The molecule has 14 heteroatoms. The molecule has 0 spiro atoms. The third-order valence-electron chi connectivity index (χ3n) is 5.21. The number of hydrogen-bond acceptors (Lipinski definition) is 10. The van der Waals surface area contributed by atoms with Crippen molar-refractivity contribution in [1.29, 1.82) is 0 Å². The second-order valence-electron chi connectivity index (χ2n) is 7.48. The van der Waals surface area contributed by atoms with Gasteiger partial charge in [0.25, 0.3) is 23.6 Å². The molecule has 2 fully saturated rings. The fraction of sp³-hybridized carbons (Fsp3) is 0. The molecule has 4 N–H and O–H groups in total. The van der Waals surface area contributed by atoms with Crippen molar-refractivity contribution < 1.29 is 37.6 Å². The van der Waals surface area contributed by atoms with Gasteiger partial charge in [0.2, 0.25) is 0 Å². The number of carbonyl (C=O) groups is 6. The molecule has 0 radical (unpaired) electrons. The summed E-state index contributed by atoms with van der Waals surface area (Å²) in [5.74, 6) is -4.06. The van der Waals surface area contributed by atoms with Crippen LogP contribution in [0.25, 0.3) is 34.1 Å². The predicted octanol–water partition coefficient (Wildman–Crippen LogP) is -0.602. The van der Waals surface area contributed by atoms with Crippen molar-refractivity contribution in [2.75, 3.05) is 0 Å². The summed E-state index contributed by atoms with van der Waals surface area (Å²) in [4.78, 5) is 96.3. The minimum absolute atomic E-state index is 0.0150. The molecule has 0 atom stereocenters. The van der Waals surface area contributed by atoms with Crippen LogP contribution in [0.4, 0.5) is 9.59 Å². The summed E-state index contributed by atoms with van der Waals surface area (Å²) >= 11 is 0. The van der Waals surface area contributed by atoms with E-state index >= 15 is 0 Å². The van der Waals surface area contributed by atoms with Crippen molar-refractivity contribution in [3.63, 3.8) is 0 Å². The van der Waals surface area contributed by atoms with Gasteiger partial charge in [0.05, 0.1) is 21.9 Å². The van der Waals surface area contributed by atoms with E-state index in [-0.39, 0.29) is 33.1 Å². The summed E-state index contributed by atoms with van der Waals surface area (Å²) in [6, 6.07) is 0.401. The maximum absolute atomic E-state index is 13.0. The molecule has 0 saturated carbocycles. The Morgan fingerprint density at radius 3 is 1.25 bits per heavy atom. The zero-order chi connectivity index (χ0) is 25.7. The topological polar surface area (TPSA) is 211 Å². The van der Waals surface area contributed by atoms with Crippen LogP contribution in [0.2, 0.25) is 0 Å². The maximum atomic E-state index is 13.0. The highest BCUT2D eigenvalue weighted by molar-refractivity contribution is 6.31. The van der Waals surface area contributed by atoms with E-state index in [9.17, 15) is 38.4 Å². The first kappa shape index (κ1) is 22.1. The van der Waals surface area contributed by atoms with E-state index < -0.39 is 57.7 Å². The Morgan fingerprint density at radius 1 is 0.528 bits per heavy atom. The minimum Gasteiger partial charge on any atom is -0.463 e. The predicted molar refractivity (Wildman–Crippen MR) is 118 cm³/mol. The third kappa shape index (κ3) is 3.63. The summed E-state index contributed by atoms with van der Waals surface area (Å²) in [5.41, 5.74) is -2.87. The monoisotopic (exact) mass is 490 g/mol. The van der Waals surface area contributed by atoms with Gasteiger partial charge in [-0.1, -0.05) is 0 Å². The van der Waals surface area contributed by atoms with Gasteiger partial charge in [-0.05, 0) is 18.2 Å². The molecule has 2 aliphatic rings. The number of benzene rings is 1. The molecule has 178 valence electrons. The summed E-state index contributed by atoms with van der Waals surface area (Å²) in [6.07, 6.45) is 3.83. The van der Waals surface area contributed by atoms with Gasteiger partial charge < -0.3 is 8.83 Å². The number of urea groups is 2. The highest BCUT2D eigenvalue weighted by atomic mass is 16.3. The molecular weight excluding hydrogens is 480 g/mol. The molecular formula is C22H10N4O10. The number of hydrogen-bond donors (Lipinski definition) is 4. The van der Waals surface area contributed by atoms with Crippen molar-refractivity contribution >= 4 is 69.8 Å². The number of amides is 8. The van der Waals surface area contributed by atoms with E-state index in [4.69, 9.17) is 8.83 Å². The second kappa shape index (κ2) is 7.98. The molecule has 1 aromatic carbocycles. The summed E-state index contributed by atoms with van der Waals surface area (Å²) < 4.78 is 10.8. The average molecular weight is 490 g/mol. The standard InChI is InChI=1S/C22H10N4O10/c27-15-7(1-11-17(29)23-21(33)24-18(11)30)5-35-13-4-14-10(3-9(13)15)16(28)8(6-36-14)2-12-19(31)25-22(34)26-20(12)32/h1-6H,(H2,23,24,29,30,33)(H2,25,26,31,32,34). The van der Waals surface area contributed by atoms with Crippen LogP contribution in [-0.4, -0.2) is 35.7 Å². The SMILES string of the molecule is O=C1NC(=O)C(=Cc2coc3cc4occ(C=C5C(=O)NC(=O)NC5=O)c(=O)c4cc3c2=O)C(=O)N1. The van der Waals surface area contributed by atoms with E-state index in [0.717, 1.165) is 30.7 Å². The van der Waals surface area contributed by atoms with Crippen LogP contribution in [0.15, 0.2) is 54.2 Å². The first-order chi connectivity index (χ1) is 17.1. The molecule has 0 aliphatic carbocycles. The summed E-state index contributed by atoms with van der Waals surface area (Å²) in [6.45, 7) is 0. The van der Waals surface area contributed by atoms with E-state index in [2.05, 4.69) is 0 Å². The first-order valence-electron chi connectivity index (χ1n) is 9.90. The first-order valence-corrected chi connectivity index (χ1v) is 9.90. The quantitative estimate of drug-likeness (QED) is 0.203. The number of imide groups is 4. The molecule has 0 unspecified atom stereocenters. The minimum atomic E-state index is -1.02. The van der Waals surface area contributed by atoms with E-state index in [0.29, 0.717) is 0 Å². The van der Waals surface area contributed by atoms with Crippen molar-refractivity contribution in [3.05, 3.63) is 67.4 Å². The molecule has 2 aliphatic heterocycles. The van der Waals surface area contributed by atoms with Crippen LogP contribution in [-0.2, 0) is 19.2 Å². The van der Waals surface area contributed by atoms with Gasteiger partial charge in [-0.2, -0.15) is 0 Å². The molecule has 8 amide bonds. The molecule has 36 heavy (non-hydrogen) atoms. The lowest BCUT2D eigenvalue weighted by Gasteiger charge is -2.13. The largest absolute Gasteiger partial charge is 0.463 e. The Labute approximate surface area is 196 Å². The number of carbonyl (C=O) groups excluding carboxylic acids is 6. The smallest absolute Gasteiger partial charge is 0.328 e. The van der Waals surface area contributed by atoms with Gasteiger partial charge in [-0.25, -0.2) is 9.59 Å².